The van der Waals surface area contributed by atoms with Crippen LogP contribution in [0.15, 0.2) is 12.7 Å². The normalized spacial score (nSPS) is 26.3. The minimum atomic E-state index is -5.35. The molecule has 0 bridgehead atoms. The van der Waals surface area contributed by atoms with Crippen LogP contribution in [-0.2, 0) is 36.3 Å². The largest absolute Gasteiger partial charge is 0.481 e. The number of aromatic nitrogens is 4. The number of phosphoric acid groups is 3. The van der Waals surface area contributed by atoms with Crippen LogP contribution in [0.4, 0.5) is 5.82 Å². The molecule has 37 heavy (non-hydrogen) atoms. The van der Waals surface area contributed by atoms with E-state index in [1.807, 2.05) is 0 Å². The van der Waals surface area contributed by atoms with Crippen LogP contribution in [0.5, 0.6) is 0 Å². The maximum atomic E-state index is 12.3. The topological polar surface area (TPSA) is 288 Å². The molecule has 8 N–H and O–H groups in total. The Labute approximate surface area is 208 Å². The molecule has 0 radical (unpaired) electrons. The lowest BCUT2D eigenvalue weighted by Crippen LogP contribution is -2.35. The van der Waals surface area contributed by atoms with Crippen molar-refractivity contribution in [1.29, 1.82) is 0 Å². The van der Waals surface area contributed by atoms with Crippen molar-refractivity contribution in [2.24, 2.45) is 5.41 Å². The Bertz CT molecular complexity index is 1250. The fourth-order valence-corrected chi connectivity index (χ4v) is 5.92. The second kappa shape index (κ2) is 11.0. The predicted molar refractivity (Wildman–Crippen MR) is 120 cm³/mol. The number of rotatable bonds is 12. The molecule has 19 nitrogen and oxygen atoms in total. The Balaban J connectivity index is 1.76. The summed E-state index contributed by atoms with van der Waals surface area (Å²) < 4.78 is 60.5. The van der Waals surface area contributed by atoms with Crippen LogP contribution in [0, 0.1) is 5.41 Å². The van der Waals surface area contributed by atoms with Gasteiger partial charge >= 0.3 is 23.5 Å². The summed E-state index contributed by atoms with van der Waals surface area (Å²) in [7, 11) is -15.7. The van der Waals surface area contributed by atoms with Crippen LogP contribution in [0.2, 0.25) is 0 Å². The third-order valence-electron chi connectivity index (χ3n) is 4.88. The molecule has 1 aliphatic heterocycles. The van der Waals surface area contributed by atoms with Crippen molar-refractivity contribution in [1.82, 2.24) is 19.5 Å². The highest BCUT2D eigenvalue weighted by Crippen LogP contribution is 2.61. The summed E-state index contributed by atoms with van der Waals surface area (Å²) in [6.45, 7) is 0.979. The van der Waals surface area contributed by atoms with Gasteiger partial charge in [0.15, 0.2) is 17.7 Å². The third-order valence-corrected chi connectivity index (χ3v) is 7.98. The van der Waals surface area contributed by atoms with E-state index in [1.54, 1.807) is 0 Å². The maximum absolute atomic E-state index is 12.3. The summed E-state index contributed by atoms with van der Waals surface area (Å²) in [6, 6.07) is 0. The average Bonchev–Trinajstić information content (AvgIpc) is 3.32. The lowest BCUT2D eigenvalue weighted by molar-refractivity contribution is -0.0503. The summed E-state index contributed by atoms with van der Waals surface area (Å²) in [4.78, 5) is 49.9. The second-order valence-corrected chi connectivity index (χ2v) is 12.8. The minimum Gasteiger partial charge on any atom is -0.396 e. The van der Waals surface area contributed by atoms with Gasteiger partial charge < -0.3 is 40.3 Å². The van der Waals surface area contributed by atoms with E-state index in [0.717, 1.165) is 17.2 Å². The first-order valence-electron chi connectivity index (χ1n) is 10.2. The van der Waals surface area contributed by atoms with Gasteiger partial charge in [0.1, 0.15) is 30.2 Å². The third kappa shape index (κ3) is 7.81. The van der Waals surface area contributed by atoms with E-state index < -0.39 is 73.2 Å². The first-order valence-corrected chi connectivity index (χ1v) is 14.7. The summed E-state index contributed by atoms with van der Waals surface area (Å²) in [5.74, 6) is -0.00414. The number of anilines is 1. The van der Waals surface area contributed by atoms with Crippen molar-refractivity contribution in [2.45, 2.75) is 38.4 Å². The molecule has 1 aliphatic rings. The lowest BCUT2D eigenvalue weighted by atomic mass is 9.97. The van der Waals surface area contributed by atoms with Gasteiger partial charge in [-0.25, -0.2) is 28.6 Å². The first kappa shape index (κ1) is 30.1. The Kier molecular flexibility index (Phi) is 8.96. The molecule has 0 spiro atoms. The molecule has 3 heterocycles. The van der Waals surface area contributed by atoms with Gasteiger partial charge in [0, 0.05) is 5.41 Å². The number of ether oxygens (including phenoxy) is 1. The second-order valence-electron chi connectivity index (χ2n) is 8.61. The molecule has 2 aromatic heterocycles. The number of nitrogen functional groups attached to an aromatic ring is 1. The van der Waals surface area contributed by atoms with E-state index in [2.05, 4.69) is 32.8 Å². The van der Waals surface area contributed by atoms with Crippen LogP contribution < -0.4 is 5.73 Å². The Hall–Kier alpha value is -1.40. The van der Waals surface area contributed by atoms with Gasteiger partial charge in [-0.05, 0) is 0 Å². The Morgan fingerprint density at radius 2 is 1.76 bits per heavy atom. The number of phosphoric ester groups is 3. The lowest BCUT2D eigenvalue weighted by Gasteiger charge is -2.24. The van der Waals surface area contributed by atoms with Crippen molar-refractivity contribution < 1.29 is 66.1 Å². The molecule has 3 rings (SSSR count). The van der Waals surface area contributed by atoms with E-state index in [-0.39, 0.29) is 17.0 Å². The number of fused-ring (bicyclic) bond motifs is 1. The molecule has 210 valence electrons. The van der Waals surface area contributed by atoms with Crippen LogP contribution in [0.25, 0.3) is 11.2 Å². The average molecular weight is 593 g/mol. The highest BCUT2D eigenvalue weighted by molar-refractivity contribution is 7.61. The molecule has 2 aromatic rings. The number of aliphatic hydroxyl groups excluding tert-OH is 2. The van der Waals surface area contributed by atoms with Crippen molar-refractivity contribution in [3.8, 4) is 0 Å². The van der Waals surface area contributed by atoms with E-state index in [9.17, 15) is 43.5 Å². The monoisotopic (exact) mass is 593 g/mol. The molecule has 0 aromatic carbocycles. The molecule has 6 atom stereocenters. The Morgan fingerprint density at radius 3 is 2.38 bits per heavy atom. The molecule has 1 fully saturated rings. The summed E-state index contributed by atoms with van der Waals surface area (Å²) in [5, 5.41) is 19.9. The van der Waals surface area contributed by atoms with E-state index in [1.165, 1.54) is 13.8 Å². The van der Waals surface area contributed by atoms with Gasteiger partial charge in [0.25, 0.3) is 0 Å². The van der Waals surface area contributed by atoms with Gasteiger partial charge in [-0.1, -0.05) is 13.8 Å². The standard InChI is InChI=1S/C15H26N5O14P3/c1-15(2,4-21)5-31-37(28,29)34-36(26,27)30-3-8-11(33-35(23,24)25)10(22)14(32-8)20-7-19-9-12(16)17-6-18-13(9)20/h6-8,10-11,14,21-22H,3-5H2,1-2H3,(H,26,27)(H,28,29)(H2,16,17,18)(H2,23,24,25)/t8-,10-,11-,14-/m1/s1. The minimum absolute atomic E-state index is 0.00414. The van der Waals surface area contributed by atoms with E-state index >= 15 is 0 Å². The number of hydrogen-bond donors (Lipinski definition) is 7. The number of imidazole rings is 1. The molecule has 0 amide bonds. The van der Waals surface area contributed by atoms with Gasteiger partial charge in [-0.15, -0.1) is 0 Å². The quantitative estimate of drug-likeness (QED) is 0.151. The molecule has 0 saturated carbocycles. The number of nitrogens with zero attached hydrogens (tertiary/aromatic N) is 4. The highest BCUT2D eigenvalue weighted by atomic mass is 31.3. The first-order chi connectivity index (χ1) is 16.9. The SMILES string of the molecule is CC(C)(CO)COP(=O)(O)OP(=O)(O)OC[C@H]1O[C@@H](n2cnc3c(N)ncnc32)[C@H](O)[C@@H]1OP(=O)(O)O. The smallest absolute Gasteiger partial charge is 0.396 e. The van der Waals surface area contributed by atoms with Crippen molar-refractivity contribution >= 4 is 40.4 Å². The zero-order valence-corrected chi connectivity index (χ0v) is 21.9. The van der Waals surface area contributed by atoms with E-state index in [4.69, 9.17) is 10.5 Å². The zero-order chi connectivity index (χ0) is 27.8. The van der Waals surface area contributed by atoms with Crippen molar-refractivity contribution in [2.75, 3.05) is 25.6 Å². The summed E-state index contributed by atoms with van der Waals surface area (Å²) >= 11 is 0. The number of nitrogens with two attached hydrogens (primary N) is 1. The molecule has 22 heteroatoms. The van der Waals surface area contributed by atoms with Gasteiger partial charge in [0.05, 0.1) is 26.1 Å². The molecule has 0 aliphatic carbocycles. The van der Waals surface area contributed by atoms with Gasteiger partial charge in [0.2, 0.25) is 0 Å². The maximum Gasteiger partial charge on any atom is 0.481 e. The van der Waals surface area contributed by atoms with Crippen LogP contribution >= 0.6 is 23.5 Å². The molecule has 2 unspecified atom stereocenters. The predicted octanol–water partition coefficient (Wildman–Crippen LogP) is -0.586. The molecular formula is C15H26N5O14P3. The highest BCUT2D eigenvalue weighted by Gasteiger charge is 2.50. The van der Waals surface area contributed by atoms with Crippen LogP contribution in [0.1, 0.15) is 20.1 Å². The Morgan fingerprint density at radius 1 is 1.11 bits per heavy atom. The summed E-state index contributed by atoms with van der Waals surface area (Å²) in [5.41, 5.74) is 4.95. The fraction of sp³-hybridized carbons (Fsp3) is 0.667. The zero-order valence-electron chi connectivity index (χ0n) is 19.2. The van der Waals surface area contributed by atoms with Crippen LogP contribution in [0.3, 0.4) is 0 Å². The van der Waals surface area contributed by atoms with Gasteiger partial charge in [-0.2, -0.15) is 4.31 Å². The number of hydrogen-bond acceptors (Lipinski definition) is 14. The van der Waals surface area contributed by atoms with Crippen LogP contribution in [-0.4, -0.2) is 87.4 Å². The summed E-state index contributed by atoms with van der Waals surface area (Å²) in [6.07, 6.45) is -4.46. The van der Waals surface area contributed by atoms with Gasteiger partial charge in [-0.3, -0.25) is 18.1 Å². The molecular weight excluding hydrogens is 567 g/mol. The molecule has 1 saturated heterocycles. The van der Waals surface area contributed by atoms with Crippen molar-refractivity contribution in [3.63, 3.8) is 0 Å². The fourth-order valence-electron chi connectivity index (χ4n) is 3.08. The number of aliphatic hydroxyl groups is 2. The van der Waals surface area contributed by atoms with E-state index in [0.29, 0.717) is 0 Å². The van der Waals surface area contributed by atoms with Crippen molar-refractivity contribution in [3.05, 3.63) is 12.7 Å².